The summed E-state index contributed by atoms with van der Waals surface area (Å²) < 4.78 is 5.48. The maximum absolute atomic E-state index is 11.3. The van der Waals surface area contributed by atoms with Gasteiger partial charge < -0.3 is 4.74 Å². The summed E-state index contributed by atoms with van der Waals surface area (Å²) in [7, 11) is 0. The first-order valence-electron chi connectivity index (χ1n) is 7.16. The number of ether oxygens (including phenoxy) is 1. The van der Waals surface area contributed by atoms with Crippen LogP contribution in [-0.4, -0.2) is 5.97 Å². The molecular formula is C17H22O2. The van der Waals surface area contributed by atoms with E-state index < -0.39 is 0 Å². The highest BCUT2D eigenvalue weighted by atomic mass is 16.5. The molecule has 19 heavy (non-hydrogen) atoms. The van der Waals surface area contributed by atoms with Gasteiger partial charge in [0.15, 0.2) is 0 Å². The third-order valence-corrected chi connectivity index (χ3v) is 5.65. The summed E-state index contributed by atoms with van der Waals surface area (Å²) in [6.07, 6.45) is 3.82. The van der Waals surface area contributed by atoms with Gasteiger partial charge >= 0.3 is 5.97 Å². The molecule has 102 valence electrons. The third kappa shape index (κ3) is 1.73. The van der Waals surface area contributed by atoms with Gasteiger partial charge in [-0.25, -0.2) is 0 Å². The van der Waals surface area contributed by atoms with Crippen LogP contribution >= 0.6 is 0 Å². The SMILES string of the molecule is CC(=O)Oc1cc(C)ccc1[C@]1(C)CC[C@H]2C[C@]21C. The molecule has 0 saturated heterocycles. The quantitative estimate of drug-likeness (QED) is 0.592. The average molecular weight is 258 g/mol. The molecule has 1 aromatic rings. The van der Waals surface area contributed by atoms with Crippen LogP contribution in [-0.2, 0) is 10.2 Å². The van der Waals surface area contributed by atoms with E-state index in [0.717, 1.165) is 17.2 Å². The number of carbonyl (C=O) groups is 1. The zero-order chi connectivity index (χ0) is 13.8. The van der Waals surface area contributed by atoms with Crippen molar-refractivity contribution in [2.24, 2.45) is 11.3 Å². The molecule has 2 aliphatic rings. The normalized spacial score (nSPS) is 35.9. The largest absolute Gasteiger partial charge is 0.426 e. The van der Waals surface area contributed by atoms with Gasteiger partial charge in [-0.05, 0) is 49.1 Å². The Morgan fingerprint density at radius 2 is 2.11 bits per heavy atom. The fraction of sp³-hybridized carbons (Fsp3) is 0.588. The van der Waals surface area contributed by atoms with Crippen molar-refractivity contribution in [1.82, 2.24) is 0 Å². The molecule has 3 atom stereocenters. The number of esters is 1. The monoisotopic (exact) mass is 258 g/mol. The lowest BCUT2D eigenvalue weighted by molar-refractivity contribution is -0.132. The molecule has 0 unspecified atom stereocenters. The summed E-state index contributed by atoms with van der Waals surface area (Å²) in [6, 6.07) is 6.30. The third-order valence-electron chi connectivity index (χ3n) is 5.65. The van der Waals surface area contributed by atoms with Gasteiger partial charge in [0.1, 0.15) is 5.75 Å². The van der Waals surface area contributed by atoms with Crippen LogP contribution in [0.1, 0.15) is 51.2 Å². The topological polar surface area (TPSA) is 26.3 Å². The molecule has 0 heterocycles. The Balaban J connectivity index is 2.07. The summed E-state index contributed by atoms with van der Waals surface area (Å²) >= 11 is 0. The number of rotatable bonds is 2. The van der Waals surface area contributed by atoms with E-state index in [0.29, 0.717) is 5.41 Å². The summed E-state index contributed by atoms with van der Waals surface area (Å²) in [5, 5.41) is 0. The van der Waals surface area contributed by atoms with E-state index >= 15 is 0 Å². The molecule has 0 radical (unpaired) electrons. The number of hydrogen-bond acceptors (Lipinski definition) is 2. The second kappa shape index (κ2) is 3.84. The van der Waals surface area contributed by atoms with Crippen molar-refractivity contribution < 1.29 is 9.53 Å². The predicted octanol–water partition coefficient (Wildman–Crippen LogP) is 4.00. The molecule has 0 N–H and O–H groups in total. The molecule has 1 aromatic carbocycles. The van der Waals surface area contributed by atoms with E-state index in [1.54, 1.807) is 0 Å². The summed E-state index contributed by atoms with van der Waals surface area (Å²) in [5.41, 5.74) is 2.91. The van der Waals surface area contributed by atoms with Gasteiger partial charge in [-0.2, -0.15) is 0 Å². The first kappa shape index (κ1) is 12.7. The van der Waals surface area contributed by atoms with Gasteiger partial charge in [-0.15, -0.1) is 0 Å². The second-order valence-electron chi connectivity index (χ2n) is 6.78. The Bertz CT molecular complexity index is 546. The number of benzene rings is 1. The highest BCUT2D eigenvalue weighted by Crippen LogP contribution is 2.72. The summed E-state index contributed by atoms with van der Waals surface area (Å²) in [5.74, 6) is 1.40. The molecule has 3 rings (SSSR count). The van der Waals surface area contributed by atoms with Crippen LogP contribution in [0, 0.1) is 18.3 Å². The standard InChI is InChI=1S/C17H22O2/c1-11-5-6-14(15(9-11)19-12(2)18)16(3)8-7-13-10-17(13,16)4/h5-6,9,13H,7-8,10H2,1-4H3/t13-,16-,17+/m0/s1. The van der Waals surface area contributed by atoms with Crippen LogP contribution in [0.5, 0.6) is 5.75 Å². The Hall–Kier alpha value is -1.31. The van der Waals surface area contributed by atoms with Gasteiger partial charge in [0.2, 0.25) is 0 Å². The smallest absolute Gasteiger partial charge is 0.308 e. The van der Waals surface area contributed by atoms with Gasteiger partial charge in [-0.3, -0.25) is 4.79 Å². The molecule has 0 bridgehead atoms. The van der Waals surface area contributed by atoms with Crippen molar-refractivity contribution >= 4 is 5.97 Å². The Kier molecular flexibility index (Phi) is 2.57. The van der Waals surface area contributed by atoms with E-state index in [1.807, 2.05) is 13.0 Å². The molecule has 2 aliphatic carbocycles. The highest BCUT2D eigenvalue weighted by molar-refractivity contribution is 5.70. The number of hydrogen-bond donors (Lipinski definition) is 0. The van der Waals surface area contributed by atoms with E-state index in [-0.39, 0.29) is 11.4 Å². The Morgan fingerprint density at radius 1 is 1.37 bits per heavy atom. The zero-order valence-electron chi connectivity index (χ0n) is 12.2. The van der Waals surface area contributed by atoms with Crippen LogP contribution in [0.4, 0.5) is 0 Å². The molecule has 2 heteroatoms. The molecule has 2 saturated carbocycles. The lowest BCUT2D eigenvalue weighted by Gasteiger charge is -2.34. The van der Waals surface area contributed by atoms with E-state index in [4.69, 9.17) is 4.74 Å². The molecule has 0 aliphatic heterocycles. The fourth-order valence-corrected chi connectivity index (χ4v) is 4.06. The van der Waals surface area contributed by atoms with Gasteiger partial charge in [0.25, 0.3) is 0 Å². The zero-order valence-corrected chi connectivity index (χ0v) is 12.2. The van der Waals surface area contributed by atoms with Crippen LogP contribution in [0.15, 0.2) is 18.2 Å². The second-order valence-corrected chi connectivity index (χ2v) is 6.78. The minimum Gasteiger partial charge on any atom is -0.426 e. The molecule has 2 fully saturated rings. The maximum Gasteiger partial charge on any atom is 0.308 e. The Labute approximate surface area is 115 Å². The van der Waals surface area contributed by atoms with E-state index in [2.05, 4.69) is 26.0 Å². The van der Waals surface area contributed by atoms with Crippen molar-refractivity contribution in [2.75, 3.05) is 0 Å². The highest BCUT2D eigenvalue weighted by Gasteiger charge is 2.66. The van der Waals surface area contributed by atoms with Crippen LogP contribution in [0.25, 0.3) is 0 Å². The number of aryl methyl sites for hydroxylation is 1. The van der Waals surface area contributed by atoms with E-state index in [1.165, 1.54) is 31.7 Å². The van der Waals surface area contributed by atoms with Gasteiger partial charge in [0, 0.05) is 17.9 Å². The molecule has 2 nitrogen and oxygen atoms in total. The van der Waals surface area contributed by atoms with Crippen LogP contribution in [0.3, 0.4) is 0 Å². The van der Waals surface area contributed by atoms with Gasteiger partial charge in [-0.1, -0.05) is 26.0 Å². The minimum atomic E-state index is -0.231. The first-order chi connectivity index (χ1) is 8.87. The number of fused-ring (bicyclic) bond motifs is 1. The predicted molar refractivity (Wildman–Crippen MR) is 75.3 cm³/mol. The van der Waals surface area contributed by atoms with E-state index in [9.17, 15) is 4.79 Å². The fourth-order valence-electron chi connectivity index (χ4n) is 4.06. The van der Waals surface area contributed by atoms with Crippen molar-refractivity contribution in [3.05, 3.63) is 29.3 Å². The molecular weight excluding hydrogens is 236 g/mol. The van der Waals surface area contributed by atoms with Crippen molar-refractivity contribution in [2.45, 2.75) is 52.4 Å². The van der Waals surface area contributed by atoms with Gasteiger partial charge in [0.05, 0.1) is 0 Å². The average Bonchev–Trinajstić information content (AvgIpc) is 2.92. The van der Waals surface area contributed by atoms with Crippen molar-refractivity contribution in [1.29, 1.82) is 0 Å². The maximum atomic E-state index is 11.3. The van der Waals surface area contributed by atoms with Crippen LogP contribution in [0.2, 0.25) is 0 Å². The summed E-state index contributed by atoms with van der Waals surface area (Å²) in [4.78, 5) is 11.3. The minimum absolute atomic E-state index is 0.149. The molecule has 0 aromatic heterocycles. The number of carbonyl (C=O) groups excluding carboxylic acids is 1. The Morgan fingerprint density at radius 3 is 2.63 bits per heavy atom. The lowest BCUT2D eigenvalue weighted by atomic mass is 9.70. The van der Waals surface area contributed by atoms with Crippen molar-refractivity contribution in [3.63, 3.8) is 0 Å². The molecule has 0 spiro atoms. The first-order valence-corrected chi connectivity index (χ1v) is 7.16. The lowest BCUT2D eigenvalue weighted by Crippen LogP contribution is -2.30. The van der Waals surface area contributed by atoms with Crippen molar-refractivity contribution in [3.8, 4) is 5.75 Å². The molecule has 0 amide bonds. The van der Waals surface area contributed by atoms with Crippen LogP contribution < -0.4 is 4.74 Å². The summed E-state index contributed by atoms with van der Waals surface area (Å²) in [6.45, 7) is 8.25.